The minimum absolute atomic E-state index is 0.0502. The van der Waals surface area contributed by atoms with E-state index in [4.69, 9.17) is 9.15 Å². The summed E-state index contributed by atoms with van der Waals surface area (Å²) in [4.78, 5) is 25.5. The normalized spacial score (nSPS) is 11.0. The highest BCUT2D eigenvalue weighted by Gasteiger charge is 2.15. The van der Waals surface area contributed by atoms with Gasteiger partial charge in [0.2, 0.25) is 0 Å². The second-order valence-corrected chi connectivity index (χ2v) is 9.15. The molecule has 1 amide bonds. The summed E-state index contributed by atoms with van der Waals surface area (Å²) in [5.74, 6) is 0.325. The van der Waals surface area contributed by atoms with E-state index in [1.54, 1.807) is 18.2 Å². The van der Waals surface area contributed by atoms with Crippen molar-refractivity contribution in [1.82, 2.24) is 5.32 Å². The number of hydrogen-bond donors (Lipinski definition) is 3. The Hall–Kier alpha value is -3.58. The molecule has 3 N–H and O–H groups in total. The summed E-state index contributed by atoms with van der Waals surface area (Å²) >= 11 is 0. The molecule has 0 bridgehead atoms. The number of aromatic hydroxyl groups is 1. The Morgan fingerprint density at radius 2 is 1.94 bits per heavy atom. The first-order chi connectivity index (χ1) is 16.7. The summed E-state index contributed by atoms with van der Waals surface area (Å²) in [6.07, 6.45) is 3.33. The van der Waals surface area contributed by atoms with Crippen molar-refractivity contribution in [3.05, 3.63) is 75.2 Å². The SMILES string of the molecule is CC(C)=CCc1cc(C(=O)Nc2cc3ccc(OCCCNC(C)C)c(C)c3oc2=O)ccc1O. The maximum Gasteiger partial charge on any atom is 0.360 e. The van der Waals surface area contributed by atoms with Gasteiger partial charge in [-0.1, -0.05) is 25.5 Å². The van der Waals surface area contributed by atoms with Gasteiger partial charge in [0.15, 0.2) is 0 Å². The van der Waals surface area contributed by atoms with Crippen molar-refractivity contribution in [3.63, 3.8) is 0 Å². The molecule has 3 rings (SSSR count). The van der Waals surface area contributed by atoms with Gasteiger partial charge in [-0.3, -0.25) is 4.79 Å². The van der Waals surface area contributed by atoms with Crippen LogP contribution in [0, 0.1) is 6.92 Å². The molecule has 0 aliphatic heterocycles. The fourth-order valence-corrected chi connectivity index (χ4v) is 3.59. The molecule has 0 saturated heterocycles. The van der Waals surface area contributed by atoms with Gasteiger partial charge >= 0.3 is 5.63 Å². The predicted molar refractivity (Wildman–Crippen MR) is 140 cm³/mol. The third-order valence-corrected chi connectivity index (χ3v) is 5.55. The maximum atomic E-state index is 12.8. The molecule has 7 heteroatoms. The van der Waals surface area contributed by atoms with Crippen LogP contribution in [-0.2, 0) is 6.42 Å². The molecule has 0 atom stereocenters. The first-order valence-electron chi connectivity index (χ1n) is 11.9. The van der Waals surface area contributed by atoms with Gasteiger partial charge in [-0.25, -0.2) is 4.79 Å². The van der Waals surface area contributed by atoms with Crippen LogP contribution in [-0.4, -0.2) is 30.2 Å². The second-order valence-electron chi connectivity index (χ2n) is 9.15. The van der Waals surface area contributed by atoms with E-state index < -0.39 is 11.5 Å². The molecule has 3 aromatic rings. The van der Waals surface area contributed by atoms with Crippen LogP contribution in [0.4, 0.5) is 5.69 Å². The van der Waals surface area contributed by atoms with Crippen molar-refractivity contribution in [2.75, 3.05) is 18.5 Å². The lowest BCUT2D eigenvalue weighted by Gasteiger charge is -2.12. The monoisotopic (exact) mass is 478 g/mol. The molecule has 7 nitrogen and oxygen atoms in total. The predicted octanol–water partition coefficient (Wildman–Crippen LogP) is 5.33. The zero-order chi connectivity index (χ0) is 25.5. The minimum atomic E-state index is -0.643. The van der Waals surface area contributed by atoms with Gasteiger partial charge in [0, 0.05) is 22.6 Å². The highest BCUT2D eigenvalue weighted by atomic mass is 16.5. The Kier molecular flexibility index (Phi) is 8.71. The summed E-state index contributed by atoms with van der Waals surface area (Å²) in [6.45, 7) is 11.4. The Labute approximate surface area is 205 Å². The number of phenols is 1. The molecule has 1 heterocycles. The number of rotatable bonds is 10. The lowest BCUT2D eigenvalue weighted by Crippen LogP contribution is -2.24. The molecule has 2 aromatic carbocycles. The van der Waals surface area contributed by atoms with E-state index in [1.165, 1.54) is 12.1 Å². The van der Waals surface area contributed by atoms with Crippen LogP contribution in [0.15, 0.2) is 57.3 Å². The van der Waals surface area contributed by atoms with Crippen molar-refractivity contribution in [2.45, 2.75) is 53.5 Å². The fraction of sp³-hybridized carbons (Fsp3) is 0.357. The van der Waals surface area contributed by atoms with Crippen LogP contribution in [0.2, 0.25) is 0 Å². The number of amides is 1. The molecule has 0 aliphatic rings. The first kappa shape index (κ1) is 26.0. The number of benzene rings is 2. The smallest absolute Gasteiger partial charge is 0.360 e. The van der Waals surface area contributed by atoms with Gasteiger partial charge in [-0.15, -0.1) is 0 Å². The van der Waals surface area contributed by atoms with Crippen molar-refractivity contribution < 1.29 is 19.1 Å². The van der Waals surface area contributed by atoms with Crippen molar-refractivity contribution in [3.8, 4) is 11.5 Å². The van der Waals surface area contributed by atoms with Crippen molar-refractivity contribution in [2.24, 2.45) is 0 Å². The number of aryl methyl sites for hydroxylation is 1. The van der Waals surface area contributed by atoms with Crippen LogP contribution in [0.3, 0.4) is 0 Å². The van der Waals surface area contributed by atoms with Gasteiger partial charge in [0.05, 0.1) is 6.61 Å². The third kappa shape index (κ3) is 6.96. The molecular weight excluding hydrogens is 444 g/mol. The quantitative estimate of drug-likeness (QED) is 0.207. The van der Waals surface area contributed by atoms with Crippen molar-refractivity contribution >= 4 is 22.6 Å². The van der Waals surface area contributed by atoms with Crippen LogP contribution >= 0.6 is 0 Å². The fourth-order valence-electron chi connectivity index (χ4n) is 3.59. The van der Waals surface area contributed by atoms with E-state index in [1.807, 2.05) is 32.9 Å². The van der Waals surface area contributed by atoms with E-state index in [0.717, 1.165) is 24.1 Å². The van der Waals surface area contributed by atoms with E-state index in [9.17, 15) is 14.7 Å². The van der Waals surface area contributed by atoms with Gasteiger partial charge in [0.1, 0.15) is 22.8 Å². The van der Waals surface area contributed by atoms with Gasteiger partial charge < -0.3 is 24.9 Å². The number of anilines is 1. The maximum absolute atomic E-state index is 12.8. The van der Waals surface area contributed by atoms with Gasteiger partial charge in [0.25, 0.3) is 5.91 Å². The topological polar surface area (TPSA) is 101 Å². The summed E-state index contributed by atoms with van der Waals surface area (Å²) in [5, 5.41) is 16.8. The molecular formula is C28H34N2O5. The van der Waals surface area contributed by atoms with Crippen molar-refractivity contribution in [1.29, 1.82) is 0 Å². The van der Waals surface area contributed by atoms with Crippen LogP contribution in [0.25, 0.3) is 11.0 Å². The van der Waals surface area contributed by atoms with E-state index in [-0.39, 0.29) is 11.4 Å². The largest absolute Gasteiger partial charge is 0.508 e. The Morgan fingerprint density at radius 3 is 2.66 bits per heavy atom. The summed E-state index contributed by atoms with van der Waals surface area (Å²) in [7, 11) is 0. The van der Waals surface area contributed by atoms with Crippen LogP contribution in [0.1, 0.15) is 55.6 Å². The molecule has 0 spiro atoms. The van der Waals surface area contributed by atoms with E-state index >= 15 is 0 Å². The lowest BCUT2D eigenvalue weighted by atomic mass is 10.0. The molecule has 186 valence electrons. The molecule has 0 fully saturated rings. The Morgan fingerprint density at radius 1 is 1.17 bits per heavy atom. The third-order valence-electron chi connectivity index (χ3n) is 5.55. The number of hydrogen-bond acceptors (Lipinski definition) is 6. The summed E-state index contributed by atoms with van der Waals surface area (Å²) in [5.41, 5.74) is 2.65. The average molecular weight is 479 g/mol. The number of carbonyl (C=O) groups is 1. The molecule has 35 heavy (non-hydrogen) atoms. The standard InChI is InChI=1S/C28H34N2O5/c1-17(2)7-8-20-15-22(9-11-24(20)31)27(32)30-23-16-21-10-12-25(19(5)26(21)35-28(23)33)34-14-6-13-29-18(3)4/h7,9-12,15-16,18,29,31H,6,8,13-14H2,1-5H3,(H,30,32). The average Bonchev–Trinajstić information content (AvgIpc) is 2.80. The molecule has 0 aliphatic carbocycles. The number of carbonyl (C=O) groups excluding carboxylic acids is 1. The van der Waals surface area contributed by atoms with Gasteiger partial charge in [-0.05, 0) is 82.1 Å². The Balaban J connectivity index is 1.76. The number of phenolic OH excluding ortho intramolecular Hbond substituents is 1. The number of allylic oxidation sites excluding steroid dienone is 2. The summed E-state index contributed by atoms with van der Waals surface area (Å²) in [6, 6.07) is 10.3. The number of ether oxygens (including phenoxy) is 1. The van der Waals surface area contributed by atoms with Crippen LogP contribution in [0.5, 0.6) is 11.5 Å². The van der Waals surface area contributed by atoms with E-state index in [0.29, 0.717) is 46.9 Å². The number of nitrogens with one attached hydrogen (secondary N) is 2. The number of fused-ring (bicyclic) bond motifs is 1. The van der Waals surface area contributed by atoms with Crippen LogP contribution < -0.4 is 21.0 Å². The molecule has 0 saturated carbocycles. The van der Waals surface area contributed by atoms with E-state index in [2.05, 4.69) is 24.5 Å². The Bertz CT molecular complexity index is 1290. The second kappa shape index (κ2) is 11.7. The zero-order valence-corrected chi connectivity index (χ0v) is 21.0. The minimum Gasteiger partial charge on any atom is -0.508 e. The first-order valence-corrected chi connectivity index (χ1v) is 11.9. The summed E-state index contributed by atoms with van der Waals surface area (Å²) < 4.78 is 11.4. The highest BCUT2D eigenvalue weighted by Crippen LogP contribution is 2.28. The van der Waals surface area contributed by atoms with Gasteiger partial charge in [-0.2, -0.15) is 0 Å². The molecule has 1 aromatic heterocycles. The lowest BCUT2D eigenvalue weighted by molar-refractivity contribution is 0.102. The zero-order valence-electron chi connectivity index (χ0n) is 21.0. The highest BCUT2D eigenvalue weighted by molar-refractivity contribution is 6.05. The molecule has 0 radical (unpaired) electrons. The molecule has 0 unspecified atom stereocenters.